The molecule has 0 aromatic carbocycles. The predicted octanol–water partition coefficient (Wildman–Crippen LogP) is 1.68. The molecule has 0 aliphatic rings. The molecule has 6 heteroatoms. The number of aliphatic carboxylic acids is 1. The average molecular weight is 251 g/mol. The van der Waals surface area contributed by atoms with Gasteiger partial charge in [0.15, 0.2) is 0 Å². The largest absolute Gasteiger partial charge is 0.481 e. The number of anilines is 1. The van der Waals surface area contributed by atoms with Crippen LogP contribution in [0.15, 0.2) is 12.1 Å². The summed E-state index contributed by atoms with van der Waals surface area (Å²) in [6.07, 6.45) is -0.113. The van der Waals surface area contributed by atoms with Crippen molar-refractivity contribution in [1.82, 2.24) is 10.3 Å². The fourth-order valence-corrected chi connectivity index (χ4v) is 1.51. The lowest BCUT2D eigenvalue weighted by Gasteiger charge is -2.13. The SMILES string of the molecule is Cc1ccc(NC(=O)NC(C)CC(=O)O)c(C)n1. The van der Waals surface area contributed by atoms with Crippen LogP contribution in [0, 0.1) is 13.8 Å². The van der Waals surface area contributed by atoms with Gasteiger partial charge in [-0.25, -0.2) is 4.79 Å². The molecule has 0 saturated heterocycles. The van der Waals surface area contributed by atoms with E-state index in [0.29, 0.717) is 5.69 Å². The summed E-state index contributed by atoms with van der Waals surface area (Å²) in [5.41, 5.74) is 2.20. The van der Waals surface area contributed by atoms with E-state index >= 15 is 0 Å². The number of carbonyl (C=O) groups is 2. The molecule has 0 aliphatic carbocycles. The van der Waals surface area contributed by atoms with E-state index in [4.69, 9.17) is 5.11 Å². The smallest absolute Gasteiger partial charge is 0.319 e. The number of carboxylic acid groups (broad SMARTS) is 1. The van der Waals surface area contributed by atoms with Crippen molar-refractivity contribution in [3.05, 3.63) is 23.5 Å². The Hall–Kier alpha value is -2.11. The summed E-state index contributed by atoms with van der Waals surface area (Å²) in [6.45, 7) is 5.29. The lowest BCUT2D eigenvalue weighted by molar-refractivity contribution is -0.137. The third-order valence-electron chi connectivity index (χ3n) is 2.33. The highest BCUT2D eigenvalue weighted by molar-refractivity contribution is 5.90. The van der Waals surface area contributed by atoms with Gasteiger partial charge in [0.25, 0.3) is 0 Å². The van der Waals surface area contributed by atoms with Crippen molar-refractivity contribution in [3.63, 3.8) is 0 Å². The number of carbonyl (C=O) groups excluding carboxylic acids is 1. The van der Waals surface area contributed by atoms with Gasteiger partial charge in [-0.05, 0) is 32.9 Å². The second-order valence-corrected chi connectivity index (χ2v) is 4.18. The van der Waals surface area contributed by atoms with E-state index in [9.17, 15) is 9.59 Å². The number of hydrogen-bond donors (Lipinski definition) is 3. The molecule has 1 rings (SSSR count). The number of amides is 2. The highest BCUT2D eigenvalue weighted by Crippen LogP contribution is 2.12. The van der Waals surface area contributed by atoms with Crippen molar-refractivity contribution in [2.75, 3.05) is 5.32 Å². The van der Waals surface area contributed by atoms with Crippen LogP contribution in [-0.2, 0) is 4.79 Å². The Kier molecular flexibility index (Phi) is 4.65. The van der Waals surface area contributed by atoms with Crippen LogP contribution >= 0.6 is 0 Å². The molecule has 2 amide bonds. The van der Waals surface area contributed by atoms with Gasteiger partial charge in [-0.3, -0.25) is 9.78 Å². The zero-order valence-corrected chi connectivity index (χ0v) is 10.7. The van der Waals surface area contributed by atoms with Crippen LogP contribution in [0.1, 0.15) is 24.7 Å². The molecule has 0 bridgehead atoms. The van der Waals surface area contributed by atoms with Crippen LogP contribution in [0.5, 0.6) is 0 Å². The number of aromatic nitrogens is 1. The second-order valence-electron chi connectivity index (χ2n) is 4.18. The van der Waals surface area contributed by atoms with Gasteiger partial charge < -0.3 is 15.7 Å². The lowest BCUT2D eigenvalue weighted by atomic mass is 10.2. The fourth-order valence-electron chi connectivity index (χ4n) is 1.51. The van der Waals surface area contributed by atoms with Gasteiger partial charge >= 0.3 is 12.0 Å². The first kappa shape index (κ1) is 14.0. The normalized spacial score (nSPS) is 11.7. The molecule has 98 valence electrons. The van der Waals surface area contributed by atoms with Crippen LogP contribution in [0.25, 0.3) is 0 Å². The lowest BCUT2D eigenvalue weighted by Crippen LogP contribution is -2.37. The molecule has 0 saturated carbocycles. The third kappa shape index (κ3) is 4.40. The molecule has 18 heavy (non-hydrogen) atoms. The van der Waals surface area contributed by atoms with Gasteiger partial charge in [-0.15, -0.1) is 0 Å². The summed E-state index contributed by atoms with van der Waals surface area (Å²) in [5.74, 6) is -0.948. The minimum atomic E-state index is -0.948. The molecule has 0 radical (unpaired) electrons. The molecule has 0 fully saturated rings. The number of nitrogens with zero attached hydrogens (tertiary/aromatic N) is 1. The summed E-state index contributed by atoms with van der Waals surface area (Å²) in [6, 6.07) is 2.70. The number of rotatable bonds is 4. The van der Waals surface area contributed by atoms with Crippen molar-refractivity contribution in [2.45, 2.75) is 33.2 Å². The third-order valence-corrected chi connectivity index (χ3v) is 2.33. The van der Waals surface area contributed by atoms with Crippen molar-refractivity contribution >= 4 is 17.7 Å². The van der Waals surface area contributed by atoms with Crippen LogP contribution < -0.4 is 10.6 Å². The fraction of sp³-hybridized carbons (Fsp3) is 0.417. The highest BCUT2D eigenvalue weighted by atomic mass is 16.4. The molecular weight excluding hydrogens is 234 g/mol. The van der Waals surface area contributed by atoms with Gasteiger partial charge in [0.05, 0.1) is 17.8 Å². The van der Waals surface area contributed by atoms with Gasteiger partial charge in [-0.2, -0.15) is 0 Å². The van der Waals surface area contributed by atoms with E-state index in [2.05, 4.69) is 15.6 Å². The molecule has 3 N–H and O–H groups in total. The maximum absolute atomic E-state index is 11.6. The zero-order valence-electron chi connectivity index (χ0n) is 10.7. The Balaban J connectivity index is 2.56. The molecule has 1 unspecified atom stereocenters. The summed E-state index contributed by atoms with van der Waals surface area (Å²) < 4.78 is 0. The van der Waals surface area contributed by atoms with Crippen LogP contribution in [-0.4, -0.2) is 28.1 Å². The number of pyridine rings is 1. The minimum absolute atomic E-state index is 0.113. The van der Waals surface area contributed by atoms with Gasteiger partial charge in [0, 0.05) is 11.7 Å². The molecule has 0 aliphatic heterocycles. The van der Waals surface area contributed by atoms with Crippen molar-refractivity contribution in [3.8, 4) is 0 Å². The number of hydrogen-bond acceptors (Lipinski definition) is 3. The van der Waals surface area contributed by atoms with Gasteiger partial charge in [0.2, 0.25) is 0 Å². The molecule has 1 atom stereocenters. The Morgan fingerprint density at radius 2 is 2.06 bits per heavy atom. The first-order valence-corrected chi connectivity index (χ1v) is 5.62. The molecule has 0 spiro atoms. The molecular formula is C12H17N3O3. The maximum Gasteiger partial charge on any atom is 0.319 e. The standard InChI is InChI=1S/C12H17N3O3/c1-7-4-5-10(9(3)13-7)15-12(18)14-8(2)6-11(16)17/h4-5,8H,6H2,1-3H3,(H,16,17)(H2,14,15,18). The quantitative estimate of drug-likeness (QED) is 0.759. The summed E-state index contributed by atoms with van der Waals surface area (Å²) in [7, 11) is 0. The van der Waals surface area contributed by atoms with Gasteiger partial charge in [0.1, 0.15) is 0 Å². The molecule has 1 heterocycles. The summed E-state index contributed by atoms with van der Waals surface area (Å²) in [5, 5.41) is 13.8. The van der Waals surface area contributed by atoms with Crippen LogP contribution in [0.4, 0.5) is 10.5 Å². The highest BCUT2D eigenvalue weighted by Gasteiger charge is 2.11. The molecule has 6 nitrogen and oxygen atoms in total. The van der Waals surface area contributed by atoms with Gasteiger partial charge in [-0.1, -0.05) is 0 Å². The maximum atomic E-state index is 11.6. The Bertz CT molecular complexity index is 460. The first-order valence-electron chi connectivity index (χ1n) is 5.62. The van der Waals surface area contributed by atoms with Crippen molar-refractivity contribution in [1.29, 1.82) is 0 Å². The Labute approximate surface area is 105 Å². The van der Waals surface area contributed by atoms with Crippen molar-refractivity contribution in [2.24, 2.45) is 0 Å². The molecule has 1 aromatic rings. The Morgan fingerprint density at radius 3 is 2.61 bits per heavy atom. The van der Waals surface area contributed by atoms with Crippen molar-refractivity contribution < 1.29 is 14.7 Å². The van der Waals surface area contributed by atoms with E-state index in [1.807, 2.05) is 6.92 Å². The summed E-state index contributed by atoms with van der Waals surface area (Å²) >= 11 is 0. The number of carboxylic acids is 1. The predicted molar refractivity (Wildman–Crippen MR) is 67.6 cm³/mol. The number of nitrogens with one attached hydrogen (secondary N) is 2. The number of aryl methyl sites for hydroxylation is 2. The molecule has 1 aromatic heterocycles. The second kappa shape index (κ2) is 6.00. The van der Waals surface area contributed by atoms with E-state index in [-0.39, 0.29) is 6.42 Å². The average Bonchev–Trinajstić information content (AvgIpc) is 2.20. The monoisotopic (exact) mass is 251 g/mol. The van der Waals surface area contributed by atoms with E-state index < -0.39 is 18.0 Å². The van der Waals surface area contributed by atoms with E-state index in [0.717, 1.165) is 11.4 Å². The zero-order chi connectivity index (χ0) is 13.7. The van der Waals surface area contributed by atoms with Crippen LogP contribution in [0.2, 0.25) is 0 Å². The summed E-state index contributed by atoms with van der Waals surface area (Å²) in [4.78, 5) is 26.3. The van der Waals surface area contributed by atoms with E-state index in [1.54, 1.807) is 26.0 Å². The van der Waals surface area contributed by atoms with Crippen LogP contribution in [0.3, 0.4) is 0 Å². The Morgan fingerprint density at radius 1 is 1.39 bits per heavy atom. The number of urea groups is 1. The van der Waals surface area contributed by atoms with E-state index in [1.165, 1.54) is 0 Å². The first-order chi connectivity index (χ1) is 8.38. The minimum Gasteiger partial charge on any atom is -0.481 e. The topological polar surface area (TPSA) is 91.3 Å².